The SMILES string of the molecule is NCCN(CCN)CCCSP(=O)(OC[C@H]1O[C@@H](n2cnc3c(N)ncnc32)C[C@@H]1OP(=O)(O)O)O[C@H]1C[C@H](n2ccc(N)nc2=O)O[C@@H]1CO. The zero-order valence-corrected chi connectivity index (χ0v) is 30.0. The Hall–Kier alpha value is -2.60. The molecule has 0 aliphatic carbocycles. The molecule has 2 fully saturated rings. The van der Waals surface area contributed by atoms with Crippen LogP contribution in [0.15, 0.2) is 29.7 Å². The molecule has 2 aliphatic heterocycles. The molecular formula is C26H43N11O11P2S. The van der Waals surface area contributed by atoms with Gasteiger partial charge in [0.05, 0.1) is 19.5 Å². The third-order valence-corrected chi connectivity index (χ3v) is 12.5. The van der Waals surface area contributed by atoms with Gasteiger partial charge in [0.2, 0.25) is 0 Å². The Morgan fingerprint density at radius 1 is 0.980 bits per heavy atom. The molecule has 0 bridgehead atoms. The van der Waals surface area contributed by atoms with Crippen molar-refractivity contribution < 1.29 is 47.1 Å². The molecule has 3 aromatic heterocycles. The first kappa shape index (κ1) is 39.6. The van der Waals surface area contributed by atoms with E-state index in [1.165, 1.54) is 34.1 Å². The van der Waals surface area contributed by atoms with Crippen LogP contribution in [0.1, 0.15) is 31.7 Å². The number of fused-ring (bicyclic) bond motifs is 1. The van der Waals surface area contributed by atoms with Gasteiger partial charge in [-0.3, -0.25) is 22.7 Å². The van der Waals surface area contributed by atoms with Crippen molar-refractivity contribution in [1.29, 1.82) is 0 Å². The highest BCUT2D eigenvalue weighted by Crippen LogP contribution is 2.63. The van der Waals surface area contributed by atoms with Crippen molar-refractivity contribution in [2.45, 2.75) is 56.1 Å². The largest absolute Gasteiger partial charge is 0.469 e. The van der Waals surface area contributed by atoms with Crippen molar-refractivity contribution in [3.05, 3.63) is 35.4 Å². The van der Waals surface area contributed by atoms with Gasteiger partial charge < -0.3 is 52.2 Å². The number of nitrogens with zero attached hydrogens (tertiary/aromatic N) is 7. The molecule has 0 aromatic carbocycles. The molecule has 5 heterocycles. The van der Waals surface area contributed by atoms with E-state index in [2.05, 4.69) is 24.8 Å². The van der Waals surface area contributed by atoms with Crippen molar-refractivity contribution in [2.75, 3.05) is 63.2 Å². The van der Waals surface area contributed by atoms with Crippen LogP contribution in [-0.2, 0) is 32.2 Å². The fraction of sp³-hybridized carbons (Fsp3) is 0.654. The van der Waals surface area contributed by atoms with E-state index in [-0.39, 0.29) is 24.5 Å². The molecule has 1 unspecified atom stereocenters. The summed E-state index contributed by atoms with van der Waals surface area (Å²) < 4.78 is 58.2. The van der Waals surface area contributed by atoms with Crippen LogP contribution < -0.4 is 28.6 Å². The molecule has 7 atom stereocenters. The number of nitrogens with two attached hydrogens (primary N) is 4. The summed E-state index contributed by atoms with van der Waals surface area (Å²) in [5.41, 5.74) is 22.9. The molecule has 2 aliphatic rings. The lowest BCUT2D eigenvalue weighted by molar-refractivity contribution is -0.0495. The summed E-state index contributed by atoms with van der Waals surface area (Å²) in [5.74, 6) is 0.437. The molecule has 0 spiro atoms. The lowest BCUT2D eigenvalue weighted by atomic mass is 10.2. The number of ether oxygens (including phenoxy) is 2. The van der Waals surface area contributed by atoms with Crippen LogP contribution >= 0.6 is 26.0 Å². The highest BCUT2D eigenvalue weighted by Gasteiger charge is 2.45. The maximum Gasteiger partial charge on any atom is 0.469 e. The number of aliphatic hydroxyl groups is 1. The van der Waals surface area contributed by atoms with Crippen LogP contribution in [0.3, 0.4) is 0 Å². The third kappa shape index (κ3) is 10.3. The van der Waals surface area contributed by atoms with E-state index < -0.39 is 70.4 Å². The quantitative estimate of drug-likeness (QED) is 0.0575. The molecule has 25 heteroatoms. The fourth-order valence-corrected chi connectivity index (χ4v) is 9.89. The van der Waals surface area contributed by atoms with Gasteiger partial charge in [0.1, 0.15) is 54.5 Å². The maximum absolute atomic E-state index is 14.5. The Morgan fingerprint density at radius 2 is 1.67 bits per heavy atom. The molecule has 284 valence electrons. The molecule has 0 amide bonds. The third-order valence-electron chi connectivity index (χ3n) is 8.09. The Balaban J connectivity index is 1.34. The molecule has 5 rings (SSSR count). The van der Waals surface area contributed by atoms with Crippen molar-refractivity contribution >= 4 is 48.8 Å². The fourth-order valence-electron chi connectivity index (χ4n) is 5.77. The number of phosphoric ester groups is 1. The predicted octanol–water partition coefficient (Wildman–Crippen LogP) is -0.855. The Morgan fingerprint density at radius 3 is 2.33 bits per heavy atom. The van der Waals surface area contributed by atoms with Crippen LogP contribution in [0.5, 0.6) is 0 Å². The van der Waals surface area contributed by atoms with E-state index in [0.717, 1.165) is 11.4 Å². The second-order valence-corrected chi connectivity index (χ2v) is 17.0. The summed E-state index contributed by atoms with van der Waals surface area (Å²) in [6, 6.07) is 1.41. The minimum atomic E-state index is -5.02. The molecule has 11 N–H and O–H groups in total. The average Bonchev–Trinajstić information content (AvgIpc) is 3.79. The van der Waals surface area contributed by atoms with E-state index in [0.29, 0.717) is 56.1 Å². The predicted molar refractivity (Wildman–Crippen MR) is 184 cm³/mol. The lowest BCUT2D eigenvalue weighted by Crippen LogP contribution is -2.34. The number of hydrogen-bond donors (Lipinski definition) is 7. The molecule has 0 saturated carbocycles. The molecule has 22 nitrogen and oxygen atoms in total. The monoisotopic (exact) mass is 779 g/mol. The molecule has 3 aromatic rings. The number of imidazole rings is 1. The topological polar surface area (TPSA) is 327 Å². The molecule has 51 heavy (non-hydrogen) atoms. The van der Waals surface area contributed by atoms with Gasteiger partial charge in [-0.2, -0.15) is 4.98 Å². The number of hydrogen-bond acceptors (Lipinski definition) is 19. The summed E-state index contributed by atoms with van der Waals surface area (Å²) in [4.78, 5) is 50.0. The van der Waals surface area contributed by atoms with Crippen LogP contribution in [0.25, 0.3) is 11.2 Å². The van der Waals surface area contributed by atoms with Crippen molar-refractivity contribution in [3.63, 3.8) is 0 Å². The van der Waals surface area contributed by atoms with Gasteiger partial charge in [0, 0.05) is 51.0 Å². The van der Waals surface area contributed by atoms with E-state index >= 15 is 0 Å². The number of anilines is 2. The average molecular weight is 780 g/mol. The molecule has 2 saturated heterocycles. The number of aromatic nitrogens is 6. The minimum Gasteiger partial charge on any atom is -0.394 e. The van der Waals surface area contributed by atoms with Gasteiger partial charge in [0.15, 0.2) is 11.5 Å². The summed E-state index contributed by atoms with van der Waals surface area (Å²) in [5, 5.41) is 10.1. The van der Waals surface area contributed by atoms with E-state index in [4.69, 9.17) is 46.0 Å². The minimum absolute atomic E-state index is 0.00391. The number of aliphatic hydroxyl groups excluding tert-OH is 1. The Bertz CT molecular complexity index is 1760. The normalized spacial score (nSPS) is 25.2. The molecular weight excluding hydrogens is 736 g/mol. The second kappa shape index (κ2) is 17.5. The summed E-state index contributed by atoms with van der Waals surface area (Å²) in [6.45, 7) is -2.46. The number of phosphoric acid groups is 1. The zero-order valence-electron chi connectivity index (χ0n) is 27.4. The van der Waals surface area contributed by atoms with E-state index in [9.17, 15) is 28.8 Å². The highest BCUT2D eigenvalue weighted by molar-refractivity contribution is 8.55. The van der Waals surface area contributed by atoms with Gasteiger partial charge in [-0.15, -0.1) is 0 Å². The zero-order chi connectivity index (χ0) is 36.8. The van der Waals surface area contributed by atoms with E-state index in [1.54, 1.807) is 0 Å². The molecule has 0 radical (unpaired) electrons. The van der Waals surface area contributed by atoms with Gasteiger partial charge in [-0.25, -0.2) is 28.9 Å². The second-order valence-electron chi connectivity index (χ2n) is 11.7. The first-order valence-corrected chi connectivity index (χ1v) is 20.6. The van der Waals surface area contributed by atoms with Gasteiger partial charge >= 0.3 is 20.3 Å². The summed E-state index contributed by atoms with van der Waals surface area (Å²) in [7, 11) is -5.02. The standard InChI is InChI=1S/C26H43N11O11P2S/c27-3-7-35(8-4-28)5-1-9-51-50(43,48-16-10-21(45-18(16)12-38)36-6-2-20(29)34-26(36)39)44-13-19-17(47-49(40,41)42)11-22(46-19)37-15-33-23-24(30)31-14-32-25(23)37/h2,6,14-19,21-22,38H,1,3-5,7-13,27-28H2,(H2,29,34,39)(H2,30,31,32)(H2,40,41,42)/t16-,17-,18+,19+,21+,22+,50?/m0/s1. The van der Waals surface area contributed by atoms with Crippen LogP contribution in [0, 0.1) is 0 Å². The summed E-state index contributed by atoms with van der Waals surface area (Å²) >= 11 is 0.895. The lowest BCUT2D eigenvalue weighted by Gasteiger charge is -2.26. The van der Waals surface area contributed by atoms with Gasteiger partial charge in [-0.1, -0.05) is 0 Å². The Labute approximate surface area is 295 Å². The van der Waals surface area contributed by atoms with E-state index in [1.807, 2.05) is 0 Å². The van der Waals surface area contributed by atoms with Crippen LogP contribution in [0.2, 0.25) is 0 Å². The summed E-state index contributed by atoms with van der Waals surface area (Å²) in [6.07, 6.45) is -1.67. The van der Waals surface area contributed by atoms with Gasteiger partial charge in [0.25, 0.3) is 0 Å². The first-order chi connectivity index (χ1) is 24.3. The smallest absolute Gasteiger partial charge is 0.394 e. The van der Waals surface area contributed by atoms with Crippen molar-refractivity contribution in [3.8, 4) is 0 Å². The van der Waals surface area contributed by atoms with Crippen molar-refractivity contribution in [1.82, 2.24) is 34.0 Å². The maximum atomic E-state index is 14.5. The number of rotatable bonds is 19. The van der Waals surface area contributed by atoms with Crippen LogP contribution in [0.4, 0.5) is 11.6 Å². The van der Waals surface area contributed by atoms with Gasteiger partial charge in [-0.05, 0) is 30.4 Å². The first-order valence-electron chi connectivity index (χ1n) is 16.0. The highest BCUT2D eigenvalue weighted by atomic mass is 32.7. The Kier molecular flexibility index (Phi) is 13.6. The van der Waals surface area contributed by atoms with Crippen molar-refractivity contribution in [2.24, 2.45) is 11.5 Å². The number of nitrogen functional groups attached to an aromatic ring is 2. The van der Waals surface area contributed by atoms with Crippen LogP contribution in [-0.4, -0.2) is 125 Å².